The second kappa shape index (κ2) is 7.69. The number of halogens is 1. The number of nitrogens with one attached hydrogen (secondary N) is 2. The van der Waals surface area contributed by atoms with Gasteiger partial charge in [0.05, 0.1) is 6.54 Å². The molecule has 1 aliphatic carbocycles. The van der Waals surface area contributed by atoms with Crippen molar-refractivity contribution in [2.45, 2.75) is 25.2 Å². The minimum absolute atomic E-state index is 0.0901. The molecule has 116 valence electrons. The van der Waals surface area contributed by atoms with Crippen LogP contribution in [0.1, 0.15) is 25.3 Å². The molecule has 21 heavy (non-hydrogen) atoms. The number of aliphatic imine (C=N–C) groups is 1. The van der Waals surface area contributed by atoms with Crippen LogP contribution in [0.2, 0.25) is 0 Å². The summed E-state index contributed by atoms with van der Waals surface area (Å²) in [6.45, 7) is 4.41. The summed E-state index contributed by atoms with van der Waals surface area (Å²) >= 11 is 1.80. The Morgan fingerprint density at radius 2 is 2.10 bits per heavy atom. The maximum atomic E-state index is 14.0. The molecule has 1 fully saturated rings. The fourth-order valence-corrected chi connectivity index (χ4v) is 2.70. The van der Waals surface area contributed by atoms with Crippen LogP contribution in [-0.4, -0.2) is 37.6 Å². The first-order valence-electron chi connectivity index (χ1n) is 7.48. The number of benzene rings is 1. The molecule has 1 saturated carbocycles. The summed E-state index contributed by atoms with van der Waals surface area (Å²) in [6.07, 6.45) is 4.12. The molecule has 3 nitrogen and oxygen atoms in total. The van der Waals surface area contributed by atoms with Gasteiger partial charge in [-0.25, -0.2) is 4.39 Å². The maximum absolute atomic E-state index is 14.0. The van der Waals surface area contributed by atoms with Gasteiger partial charge in [-0.05, 0) is 37.7 Å². The van der Waals surface area contributed by atoms with Gasteiger partial charge >= 0.3 is 0 Å². The van der Waals surface area contributed by atoms with E-state index in [-0.39, 0.29) is 11.2 Å². The van der Waals surface area contributed by atoms with Gasteiger partial charge in [0, 0.05) is 24.3 Å². The van der Waals surface area contributed by atoms with E-state index in [0.717, 1.165) is 43.2 Å². The lowest BCUT2D eigenvalue weighted by Crippen LogP contribution is -2.39. The van der Waals surface area contributed by atoms with Gasteiger partial charge in [0.15, 0.2) is 5.96 Å². The number of nitrogens with zero attached hydrogens (tertiary/aromatic N) is 1. The summed E-state index contributed by atoms with van der Waals surface area (Å²) < 4.78 is 14.0. The zero-order chi connectivity index (χ0) is 15.1. The van der Waals surface area contributed by atoms with Crippen molar-refractivity contribution >= 4 is 17.7 Å². The van der Waals surface area contributed by atoms with Gasteiger partial charge < -0.3 is 10.6 Å². The van der Waals surface area contributed by atoms with Gasteiger partial charge in [-0.1, -0.05) is 18.2 Å². The van der Waals surface area contributed by atoms with Crippen LogP contribution >= 0.6 is 11.8 Å². The van der Waals surface area contributed by atoms with Crippen LogP contribution in [0.4, 0.5) is 4.39 Å². The van der Waals surface area contributed by atoms with E-state index in [1.807, 2.05) is 12.1 Å². The van der Waals surface area contributed by atoms with Crippen LogP contribution in [0.15, 0.2) is 29.3 Å². The molecule has 2 N–H and O–H groups in total. The summed E-state index contributed by atoms with van der Waals surface area (Å²) in [7, 11) is 0. The summed E-state index contributed by atoms with van der Waals surface area (Å²) in [5.41, 5.74) is 0.724. The molecule has 5 heteroatoms. The molecule has 0 saturated heterocycles. The Morgan fingerprint density at radius 3 is 2.71 bits per heavy atom. The van der Waals surface area contributed by atoms with E-state index in [2.05, 4.69) is 28.8 Å². The fourth-order valence-electron chi connectivity index (χ4n) is 2.40. The van der Waals surface area contributed by atoms with E-state index in [4.69, 9.17) is 0 Å². The number of hydrogen-bond donors (Lipinski definition) is 2. The van der Waals surface area contributed by atoms with Crippen LogP contribution in [0.5, 0.6) is 0 Å². The Balaban J connectivity index is 2.01. The molecule has 0 heterocycles. The van der Waals surface area contributed by atoms with E-state index in [1.54, 1.807) is 23.9 Å². The Labute approximate surface area is 130 Å². The Hall–Kier alpha value is -1.23. The molecule has 0 amide bonds. The van der Waals surface area contributed by atoms with Gasteiger partial charge in [-0.3, -0.25) is 4.99 Å². The second-order valence-corrected chi connectivity index (χ2v) is 6.36. The van der Waals surface area contributed by atoms with Crippen molar-refractivity contribution in [3.05, 3.63) is 35.6 Å². The zero-order valence-corrected chi connectivity index (χ0v) is 13.6. The van der Waals surface area contributed by atoms with Crippen LogP contribution in [-0.2, 0) is 5.41 Å². The first-order chi connectivity index (χ1) is 10.2. The van der Waals surface area contributed by atoms with E-state index in [0.29, 0.717) is 6.54 Å². The number of hydrogen-bond acceptors (Lipinski definition) is 2. The molecule has 1 aromatic carbocycles. The molecular formula is C16H24FN3S. The Kier molecular flexibility index (Phi) is 5.91. The topological polar surface area (TPSA) is 36.4 Å². The molecule has 0 atom stereocenters. The normalized spacial score (nSPS) is 16.6. The SMILES string of the molecule is CCNC(=NCC1(c2ccccc2F)CC1)NCCSC. The zero-order valence-electron chi connectivity index (χ0n) is 12.8. The largest absolute Gasteiger partial charge is 0.357 e. The second-order valence-electron chi connectivity index (χ2n) is 5.37. The predicted molar refractivity (Wildman–Crippen MR) is 89.7 cm³/mol. The molecule has 2 rings (SSSR count). The van der Waals surface area contributed by atoms with Gasteiger partial charge in [0.2, 0.25) is 0 Å². The lowest BCUT2D eigenvalue weighted by Gasteiger charge is -2.16. The minimum atomic E-state index is -0.106. The standard InChI is InChI=1S/C16H24FN3S/c1-3-18-15(19-10-11-21-2)20-12-16(8-9-16)13-6-4-5-7-14(13)17/h4-7H,3,8-12H2,1-2H3,(H2,18,19,20). The Bertz CT molecular complexity index is 486. The van der Waals surface area contributed by atoms with Crippen molar-refractivity contribution < 1.29 is 4.39 Å². The third-order valence-corrected chi connectivity index (χ3v) is 4.39. The van der Waals surface area contributed by atoms with E-state index >= 15 is 0 Å². The first-order valence-corrected chi connectivity index (χ1v) is 8.87. The molecule has 0 aromatic heterocycles. The number of thioether (sulfide) groups is 1. The van der Waals surface area contributed by atoms with Crippen molar-refractivity contribution in [1.82, 2.24) is 10.6 Å². The highest BCUT2D eigenvalue weighted by Crippen LogP contribution is 2.49. The monoisotopic (exact) mass is 309 g/mol. The van der Waals surface area contributed by atoms with Crippen LogP contribution in [0.25, 0.3) is 0 Å². The Morgan fingerprint density at radius 1 is 1.33 bits per heavy atom. The van der Waals surface area contributed by atoms with E-state index in [1.165, 1.54) is 0 Å². The third-order valence-electron chi connectivity index (χ3n) is 3.78. The van der Waals surface area contributed by atoms with Crippen molar-refractivity contribution in [2.75, 3.05) is 31.6 Å². The number of rotatable bonds is 7. The summed E-state index contributed by atoms with van der Waals surface area (Å²) in [6, 6.07) is 7.09. The van der Waals surface area contributed by atoms with Crippen LogP contribution < -0.4 is 10.6 Å². The van der Waals surface area contributed by atoms with Crippen molar-refractivity contribution in [2.24, 2.45) is 4.99 Å². The van der Waals surface area contributed by atoms with E-state index in [9.17, 15) is 4.39 Å². The average molecular weight is 309 g/mol. The van der Waals surface area contributed by atoms with Crippen molar-refractivity contribution in [3.63, 3.8) is 0 Å². The highest BCUT2D eigenvalue weighted by molar-refractivity contribution is 7.98. The molecule has 1 aliphatic rings. The molecule has 0 spiro atoms. The van der Waals surface area contributed by atoms with E-state index < -0.39 is 0 Å². The maximum Gasteiger partial charge on any atom is 0.191 e. The number of guanidine groups is 1. The molecular weight excluding hydrogens is 285 g/mol. The quantitative estimate of drug-likeness (QED) is 0.462. The van der Waals surface area contributed by atoms with Crippen LogP contribution in [0.3, 0.4) is 0 Å². The van der Waals surface area contributed by atoms with Gasteiger partial charge in [-0.15, -0.1) is 0 Å². The molecule has 0 aliphatic heterocycles. The third kappa shape index (κ3) is 4.37. The molecule has 0 unspecified atom stereocenters. The first kappa shape index (κ1) is 16.1. The lowest BCUT2D eigenvalue weighted by atomic mass is 9.95. The minimum Gasteiger partial charge on any atom is -0.357 e. The smallest absolute Gasteiger partial charge is 0.191 e. The summed E-state index contributed by atoms with van der Waals surface area (Å²) in [5, 5.41) is 6.56. The van der Waals surface area contributed by atoms with Crippen LogP contribution in [0, 0.1) is 5.82 Å². The van der Waals surface area contributed by atoms with Gasteiger partial charge in [0.25, 0.3) is 0 Å². The van der Waals surface area contributed by atoms with Gasteiger partial charge in [-0.2, -0.15) is 11.8 Å². The summed E-state index contributed by atoms with van der Waals surface area (Å²) in [4.78, 5) is 4.66. The van der Waals surface area contributed by atoms with Crippen molar-refractivity contribution in [1.29, 1.82) is 0 Å². The van der Waals surface area contributed by atoms with Crippen molar-refractivity contribution in [3.8, 4) is 0 Å². The molecule has 0 bridgehead atoms. The lowest BCUT2D eigenvalue weighted by molar-refractivity contribution is 0.572. The van der Waals surface area contributed by atoms with Gasteiger partial charge in [0.1, 0.15) is 5.82 Å². The highest BCUT2D eigenvalue weighted by atomic mass is 32.2. The molecule has 0 radical (unpaired) electrons. The molecule has 1 aromatic rings. The predicted octanol–water partition coefficient (Wildman–Crippen LogP) is 2.78. The highest BCUT2D eigenvalue weighted by Gasteiger charge is 2.45. The summed E-state index contributed by atoms with van der Waals surface area (Å²) in [5.74, 6) is 1.77. The fraction of sp³-hybridized carbons (Fsp3) is 0.562. The average Bonchev–Trinajstić information content (AvgIpc) is 3.26.